The fourth-order valence-corrected chi connectivity index (χ4v) is 2.09. The van der Waals surface area contributed by atoms with Crippen molar-refractivity contribution in [1.29, 1.82) is 0 Å². The third-order valence-electron chi connectivity index (χ3n) is 2.85. The second-order valence-corrected chi connectivity index (χ2v) is 4.98. The van der Waals surface area contributed by atoms with Crippen molar-refractivity contribution >= 4 is 29.1 Å². The van der Waals surface area contributed by atoms with Crippen molar-refractivity contribution in [2.45, 2.75) is 0 Å². The van der Waals surface area contributed by atoms with Gasteiger partial charge in [-0.3, -0.25) is 9.69 Å². The largest absolute Gasteiger partial charge is 0.339 e. The van der Waals surface area contributed by atoms with Gasteiger partial charge in [0.25, 0.3) is 5.91 Å². The summed E-state index contributed by atoms with van der Waals surface area (Å²) < 4.78 is 0. The summed E-state index contributed by atoms with van der Waals surface area (Å²) in [5.74, 6) is -0.132. The molecule has 2 rings (SSSR count). The first-order valence-corrected chi connectivity index (χ1v) is 6.59. The molecule has 0 spiro atoms. The lowest BCUT2D eigenvalue weighted by Crippen LogP contribution is -2.48. The fraction of sp³-hybridized carbons (Fsp3) is 0.417. The average Bonchev–Trinajstić information content (AvgIpc) is 2.40. The van der Waals surface area contributed by atoms with Crippen LogP contribution in [0, 0.1) is 0 Å². The molecule has 0 atom stereocenters. The predicted molar refractivity (Wildman–Crippen MR) is 73.2 cm³/mol. The number of piperazine rings is 1. The van der Waals surface area contributed by atoms with Crippen LogP contribution in [0.1, 0.15) is 10.4 Å². The predicted octanol–water partition coefficient (Wildman–Crippen LogP) is 1.59. The van der Waals surface area contributed by atoms with Gasteiger partial charge in [-0.1, -0.05) is 23.2 Å². The van der Waals surface area contributed by atoms with Crippen LogP contribution in [0.15, 0.2) is 18.2 Å². The maximum Gasteiger partial charge on any atom is 0.252 e. The Kier molecular flexibility index (Phi) is 4.83. The molecule has 1 aromatic carbocycles. The summed E-state index contributed by atoms with van der Waals surface area (Å²) in [6.07, 6.45) is 0. The van der Waals surface area contributed by atoms with Crippen LogP contribution >= 0.6 is 23.2 Å². The van der Waals surface area contributed by atoms with Crippen molar-refractivity contribution in [2.75, 3.05) is 32.8 Å². The quantitative estimate of drug-likeness (QED) is 0.887. The molecule has 2 N–H and O–H groups in total. The molecule has 0 aliphatic carbocycles. The molecule has 0 bridgehead atoms. The number of amides is 1. The van der Waals surface area contributed by atoms with E-state index >= 15 is 0 Å². The lowest BCUT2D eigenvalue weighted by atomic mass is 10.2. The topological polar surface area (TPSA) is 44.4 Å². The molecular weight excluding hydrogens is 273 g/mol. The maximum absolute atomic E-state index is 11.9. The molecule has 1 fully saturated rings. The number of benzene rings is 1. The van der Waals surface area contributed by atoms with Crippen molar-refractivity contribution in [3.05, 3.63) is 33.8 Å². The standard InChI is InChI=1S/C12H15Cl2N3O/c13-10-2-1-9(7-11(10)14)12(18)16-8-17-5-3-15-4-6-17/h1-2,7,15H,3-6,8H2,(H,16,18). The minimum Gasteiger partial charge on any atom is -0.339 e. The number of nitrogens with one attached hydrogen (secondary N) is 2. The van der Waals surface area contributed by atoms with Crippen LogP contribution in [-0.4, -0.2) is 43.7 Å². The number of rotatable bonds is 3. The Labute approximate surface area is 116 Å². The van der Waals surface area contributed by atoms with E-state index in [-0.39, 0.29) is 5.91 Å². The molecule has 1 aliphatic heterocycles. The Hall–Kier alpha value is -0.810. The van der Waals surface area contributed by atoms with Crippen molar-refractivity contribution in [3.63, 3.8) is 0 Å². The number of carbonyl (C=O) groups excluding carboxylic acids is 1. The van der Waals surface area contributed by atoms with E-state index in [0.29, 0.717) is 22.3 Å². The molecule has 98 valence electrons. The Morgan fingerprint density at radius 3 is 2.67 bits per heavy atom. The number of nitrogens with zero attached hydrogens (tertiary/aromatic N) is 1. The zero-order chi connectivity index (χ0) is 13.0. The summed E-state index contributed by atoms with van der Waals surface area (Å²) in [7, 11) is 0. The molecule has 1 amide bonds. The summed E-state index contributed by atoms with van der Waals surface area (Å²) in [6, 6.07) is 4.88. The van der Waals surface area contributed by atoms with E-state index in [2.05, 4.69) is 15.5 Å². The Morgan fingerprint density at radius 1 is 1.28 bits per heavy atom. The smallest absolute Gasteiger partial charge is 0.252 e. The highest BCUT2D eigenvalue weighted by atomic mass is 35.5. The van der Waals surface area contributed by atoms with Gasteiger partial charge >= 0.3 is 0 Å². The van der Waals surface area contributed by atoms with E-state index in [4.69, 9.17) is 23.2 Å². The van der Waals surface area contributed by atoms with Gasteiger partial charge < -0.3 is 10.6 Å². The van der Waals surface area contributed by atoms with E-state index in [1.54, 1.807) is 18.2 Å². The second kappa shape index (κ2) is 6.38. The summed E-state index contributed by atoms with van der Waals surface area (Å²) in [4.78, 5) is 14.1. The molecule has 0 saturated carbocycles. The van der Waals surface area contributed by atoms with Crippen LogP contribution in [-0.2, 0) is 0 Å². The highest BCUT2D eigenvalue weighted by molar-refractivity contribution is 6.42. The SMILES string of the molecule is O=C(NCN1CCNCC1)c1ccc(Cl)c(Cl)c1. The Balaban J connectivity index is 1.88. The zero-order valence-electron chi connectivity index (χ0n) is 9.88. The lowest BCUT2D eigenvalue weighted by molar-refractivity contribution is 0.0917. The Bertz CT molecular complexity index is 433. The number of hydrogen-bond donors (Lipinski definition) is 2. The maximum atomic E-state index is 11.9. The highest BCUT2D eigenvalue weighted by Crippen LogP contribution is 2.22. The molecule has 1 heterocycles. The first-order valence-electron chi connectivity index (χ1n) is 5.83. The first kappa shape index (κ1) is 13.6. The molecule has 4 nitrogen and oxygen atoms in total. The van der Waals surface area contributed by atoms with Gasteiger partial charge in [0.1, 0.15) is 0 Å². The third-order valence-corrected chi connectivity index (χ3v) is 3.59. The number of carbonyl (C=O) groups is 1. The van der Waals surface area contributed by atoms with Gasteiger partial charge in [0, 0.05) is 31.7 Å². The minimum atomic E-state index is -0.132. The summed E-state index contributed by atoms with van der Waals surface area (Å²) in [5.41, 5.74) is 0.527. The fourth-order valence-electron chi connectivity index (χ4n) is 1.79. The molecule has 1 aromatic rings. The van der Waals surface area contributed by atoms with Crippen molar-refractivity contribution in [2.24, 2.45) is 0 Å². The van der Waals surface area contributed by atoms with E-state index in [9.17, 15) is 4.79 Å². The van der Waals surface area contributed by atoms with Crippen LogP contribution in [0.5, 0.6) is 0 Å². The Morgan fingerprint density at radius 2 is 2.00 bits per heavy atom. The van der Waals surface area contributed by atoms with Gasteiger partial charge in [-0.15, -0.1) is 0 Å². The van der Waals surface area contributed by atoms with Gasteiger partial charge in [-0.2, -0.15) is 0 Å². The number of hydrogen-bond acceptors (Lipinski definition) is 3. The van der Waals surface area contributed by atoms with Crippen LogP contribution in [0.4, 0.5) is 0 Å². The lowest BCUT2D eigenvalue weighted by Gasteiger charge is -2.27. The summed E-state index contributed by atoms with van der Waals surface area (Å²) >= 11 is 11.7. The number of halogens is 2. The van der Waals surface area contributed by atoms with Crippen molar-refractivity contribution in [3.8, 4) is 0 Å². The van der Waals surface area contributed by atoms with Crippen LogP contribution in [0.3, 0.4) is 0 Å². The van der Waals surface area contributed by atoms with E-state index < -0.39 is 0 Å². The monoisotopic (exact) mass is 287 g/mol. The normalized spacial score (nSPS) is 16.6. The molecule has 6 heteroatoms. The highest BCUT2D eigenvalue weighted by Gasteiger charge is 2.12. The molecule has 0 unspecified atom stereocenters. The van der Waals surface area contributed by atoms with E-state index in [1.807, 2.05) is 0 Å². The van der Waals surface area contributed by atoms with Gasteiger partial charge in [-0.25, -0.2) is 0 Å². The zero-order valence-corrected chi connectivity index (χ0v) is 11.4. The van der Waals surface area contributed by atoms with Crippen molar-refractivity contribution < 1.29 is 4.79 Å². The molecule has 0 aromatic heterocycles. The van der Waals surface area contributed by atoms with Crippen molar-refractivity contribution in [1.82, 2.24) is 15.5 Å². The summed E-state index contributed by atoms with van der Waals surface area (Å²) in [6.45, 7) is 4.37. The van der Waals surface area contributed by atoms with E-state index in [1.165, 1.54) is 0 Å². The van der Waals surface area contributed by atoms with Gasteiger partial charge in [0.05, 0.1) is 16.7 Å². The molecule has 0 radical (unpaired) electrons. The molecule has 1 saturated heterocycles. The first-order chi connectivity index (χ1) is 8.66. The molecule has 1 aliphatic rings. The average molecular weight is 288 g/mol. The minimum absolute atomic E-state index is 0.132. The van der Waals surface area contributed by atoms with Gasteiger partial charge in [0.2, 0.25) is 0 Å². The van der Waals surface area contributed by atoms with E-state index in [0.717, 1.165) is 26.2 Å². The second-order valence-electron chi connectivity index (χ2n) is 4.16. The van der Waals surface area contributed by atoms with Gasteiger partial charge in [0.15, 0.2) is 0 Å². The van der Waals surface area contributed by atoms with Crippen LogP contribution in [0.2, 0.25) is 10.0 Å². The van der Waals surface area contributed by atoms with Crippen LogP contribution in [0.25, 0.3) is 0 Å². The molecule has 18 heavy (non-hydrogen) atoms. The van der Waals surface area contributed by atoms with Crippen LogP contribution < -0.4 is 10.6 Å². The third kappa shape index (κ3) is 3.59. The summed E-state index contributed by atoms with van der Waals surface area (Å²) in [5, 5.41) is 6.98. The molecular formula is C12H15Cl2N3O. The van der Waals surface area contributed by atoms with Gasteiger partial charge in [-0.05, 0) is 18.2 Å².